The fourth-order valence-corrected chi connectivity index (χ4v) is 3.04. The highest BCUT2D eigenvalue weighted by Gasteiger charge is 2.27. The summed E-state index contributed by atoms with van der Waals surface area (Å²) in [5, 5.41) is 20.1. The van der Waals surface area contributed by atoms with E-state index in [-0.39, 0.29) is 11.8 Å². The van der Waals surface area contributed by atoms with Crippen molar-refractivity contribution in [1.29, 1.82) is 0 Å². The molecule has 1 aliphatic rings. The van der Waals surface area contributed by atoms with Crippen LogP contribution in [0.2, 0.25) is 0 Å². The number of anilines is 1. The van der Waals surface area contributed by atoms with E-state index in [0.29, 0.717) is 25.3 Å². The van der Waals surface area contributed by atoms with Crippen LogP contribution in [0.15, 0.2) is 34.9 Å². The van der Waals surface area contributed by atoms with Crippen molar-refractivity contribution in [3.8, 4) is 11.1 Å². The first kappa shape index (κ1) is 16.2. The second-order valence-electron chi connectivity index (χ2n) is 5.78. The third-order valence-electron chi connectivity index (χ3n) is 4.10. The highest BCUT2D eigenvalue weighted by molar-refractivity contribution is 9.10. The normalized spacial score (nSPS) is 20.7. The first-order valence-corrected chi connectivity index (χ1v) is 8.30. The van der Waals surface area contributed by atoms with Crippen molar-refractivity contribution in [1.82, 2.24) is 15.1 Å². The number of aliphatic hydroxyl groups is 1. The van der Waals surface area contributed by atoms with Crippen LogP contribution in [0.3, 0.4) is 0 Å². The zero-order valence-corrected chi connectivity index (χ0v) is 14.4. The molecule has 0 radical (unpaired) electrons. The van der Waals surface area contributed by atoms with Gasteiger partial charge in [0.1, 0.15) is 5.82 Å². The van der Waals surface area contributed by atoms with Crippen molar-refractivity contribution in [2.24, 2.45) is 13.0 Å². The van der Waals surface area contributed by atoms with Gasteiger partial charge in [-0.2, -0.15) is 5.10 Å². The lowest BCUT2D eigenvalue weighted by Gasteiger charge is -2.14. The Bertz CT molecular complexity index is 699. The van der Waals surface area contributed by atoms with Crippen LogP contribution in [-0.2, 0) is 11.8 Å². The van der Waals surface area contributed by atoms with Crippen LogP contribution in [0.4, 0.5) is 5.82 Å². The topological polar surface area (TPSA) is 79.2 Å². The molecule has 0 spiro atoms. The summed E-state index contributed by atoms with van der Waals surface area (Å²) in [4.78, 5) is 12.3. The van der Waals surface area contributed by atoms with E-state index in [1.807, 2.05) is 24.3 Å². The molecule has 0 bridgehead atoms. The van der Waals surface area contributed by atoms with E-state index in [1.54, 1.807) is 17.9 Å². The van der Waals surface area contributed by atoms with Crippen LogP contribution in [0.25, 0.3) is 11.1 Å². The molecule has 3 N–H and O–H groups in total. The zero-order valence-electron chi connectivity index (χ0n) is 12.8. The van der Waals surface area contributed by atoms with E-state index in [9.17, 15) is 9.90 Å². The molecular weight excluding hydrogens is 360 g/mol. The van der Waals surface area contributed by atoms with Gasteiger partial charge >= 0.3 is 0 Å². The second-order valence-corrected chi connectivity index (χ2v) is 6.69. The number of hydrogen-bond donors (Lipinski definition) is 3. The molecule has 0 aliphatic carbocycles. The van der Waals surface area contributed by atoms with Gasteiger partial charge in [0.15, 0.2) is 0 Å². The Labute approximate surface area is 143 Å². The number of carbonyl (C=O) groups is 1. The Hall–Kier alpha value is -1.70. The highest BCUT2D eigenvalue weighted by atomic mass is 79.9. The quantitative estimate of drug-likeness (QED) is 0.757. The summed E-state index contributed by atoms with van der Waals surface area (Å²) < 4.78 is 2.65. The summed E-state index contributed by atoms with van der Waals surface area (Å²) in [5.74, 6) is 0.511. The number of amides is 1. The molecule has 1 amide bonds. The van der Waals surface area contributed by atoms with Crippen LogP contribution >= 0.6 is 15.9 Å². The van der Waals surface area contributed by atoms with E-state index in [1.165, 1.54) is 0 Å². The predicted molar refractivity (Wildman–Crippen MR) is 92.0 cm³/mol. The van der Waals surface area contributed by atoms with Crippen molar-refractivity contribution >= 4 is 27.7 Å². The summed E-state index contributed by atoms with van der Waals surface area (Å²) in [6.07, 6.45) is 1.57. The van der Waals surface area contributed by atoms with Crippen molar-refractivity contribution in [3.05, 3.63) is 34.9 Å². The standard InChI is InChI=1S/C16H19BrN4O2/c1-21-16(20-15(23)6-11-7-18-9-14(11)22)13(8-19-21)10-2-4-12(17)5-3-10/h2-5,8,11,14,18,22H,6-7,9H2,1H3,(H,20,23)/t11-,14-/m1/s1. The van der Waals surface area contributed by atoms with Crippen LogP contribution in [0.5, 0.6) is 0 Å². The monoisotopic (exact) mass is 378 g/mol. The average molecular weight is 379 g/mol. The lowest BCUT2D eigenvalue weighted by atomic mass is 10.0. The lowest BCUT2D eigenvalue weighted by molar-refractivity contribution is -0.117. The number of β-amino-alcohol motifs (C(OH)–C–C–N with tert-alkyl or cyclic N) is 1. The van der Waals surface area contributed by atoms with E-state index in [0.717, 1.165) is 15.6 Å². The molecule has 2 aromatic rings. The van der Waals surface area contributed by atoms with Gasteiger partial charge in [-0.15, -0.1) is 0 Å². The number of aliphatic hydroxyl groups excluding tert-OH is 1. The number of rotatable bonds is 4. The molecule has 2 atom stereocenters. The summed E-state index contributed by atoms with van der Waals surface area (Å²) in [7, 11) is 1.80. The summed E-state index contributed by atoms with van der Waals surface area (Å²) >= 11 is 3.42. The molecule has 1 saturated heterocycles. The molecule has 0 unspecified atom stereocenters. The number of nitrogens with zero attached hydrogens (tertiary/aromatic N) is 2. The highest BCUT2D eigenvalue weighted by Crippen LogP contribution is 2.29. The number of aromatic nitrogens is 2. The Kier molecular flexibility index (Phi) is 4.79. The maximum absolute atomic E-state index is 12.3. The molecule has 3 rings (SSSR count). The molecule has 23 heavy (non-hydrogen) atoms. The van der Waals surface area contributed by atoms with E-state index in [4.69, 9.17) is 0 Å². The van der Waals surface area contributed by atoms with Gasteiger partial charge < -0.3 is 15.7 Å². The Balaban J connectivity index is 1.76. The van der Waals surface area contributed by atoms with Crippen molar-refractivity contribution in [3.63, 3.8) is 0 Å². The number of benzene rings is 1. The minimum atomic E-state index is -0.460. The third-order valence-corrected chi connectivity index (χ3v) is 4.63. The van der Waals surface area contributed by atoms with Gasteiger partial charge in [-0.05, 0) is 17.7 Å². The first-order chi connectivity index (χ1) is 11.0. The van der Waals surface area contributed by atoms with Gasteiger partial charge in [-0.1, -0.05) is 28.1 Å². The first-order valence-electron chi connectivity index (χ1n) is 7.51. The minimum Gasteiger partial charge on any atom is -0.391 e. The van der Waals surface area contributed by atoms with Crippen LogP contribution < -0.4 is 10.6 Å². The number of nitrogens with one attached hydrogen (secondary N) is 2. The van der Waals surface area contributed by atoms with Crippen LogP contribution in [-0.4, -0.2) is 40.0 Å². The van der Waals surface area contributed by atoms with Crippen LogP contribution in [0.1, 0.15) is 6.42 Å². The molecule has 6 nitrogen and oxygen atoms in total. The molecule has 1 aromatic heterocycles. The van der Waals surface area contributed by atoms with Crippen molar-refractivity contribution < 1.29 is 9.90 Å². The lowest BCUT2D eigenvalue weighted by Crippen LogP contribution is -2.25. The van der Waals surface area contributed by atoms with Crippen LogP contribution in [0, 0.1) is 5.92 Å². The van der Waals surface area contributed by atoms with Gasteiger partial charge in [0.25, 0.3) is 0 Å². The smallest absolute Gasteiger partial charge is 0.225 e. The molecule has 1 aromatic carbocycles. The predicted octanol–water partition coefficient (Wildman–Crippen LogP) is 1.76. The number of halogens is 1. The maximum atomic E-state index is 12.3. The summed E-state index contributed by atoms with van der Waals surface area (Å²) in [6, 6.07) is 7.85. The van der Waals surface area contributed by atoms with E-state index < -0.39 is 6.10 Å². The Morgan fingerprint density at radius 3 is 2.83 bits per heavy atom. The molecular formula is C16H19BrN4O2. The van der Waals surface area contributed by atoms with E-state index in [2.05, 4.69) is 31.7 Å². The molecule has 1 aliphatic heterocycles. The molecule has 0 saturated carbocycles. The van der Waals surface area contributed by atoms with Crippen molar-refractivity contribution in [2.45, 2.75) is 12.5 Å². The fraction of sp³-hybridized carbons (Fsp3) is 0.375. The zero-order chi connectivity index (χ0) is 16.4. The van der Waals surface area contributed by atoms with Gasteiger partial charge in [0, 0.05) is 42.5 Å². The number of hydrogen-bond acceptors (Lipinski definition) is 4. The SMILES string of the molecule is Cn1ncc(-c2ccc(Br)cc2)c1NC(=O)C[C@@H]1CNC[C@H]1O. The Morgan fingerprint density at radius 1 is 1.43 bits per heavy atom. The molecule has 7 heteroatoms. The minimum absolute atomic E-state index is 0.0423. The summed E-state index contributed by atoms with van der Waals surface area (Å²) in [5.41, 5.74) is 1.86. The average Bonchev–Trinajstić information content (AvgIpc) is 3.08. The van der Waals surface area contributed by atoms with Gasteiger partial charge in [0.2, 0.25) is 5.91 Å². The molecule has 122 valence electrons. The number of carbonyl (C=O) groups excluding carboxylic acids is 1. The fourth-order valence-electron chi connectivity index (χ4n) is 2.78. The van der Waals surface area contributed by atoms with Gasteiger partial charge in [0.05, 0.1) is 12.3 Å². The van der Waals surface area contributed by atoms with E-state index >= 15 is 0 Å². The van der Waals surface area contributed by atoms with Gasteiger partial charge in [-0.3, -0.25) is 9.48 Å². The number of aryl methyl sites for hydroxylation is 1. The third kappa shape index (κ3) is 3.63. The van der Waals surface area contributed by atoms with Crippen molar-refractivity contribution in [2.75, 3.05) is 18.4 Å². The molecule has 1 fully saturated rings. The summed E-state index contributed by atoms with van der Waals surface area (Å²) in [6.45, 7) is 1.22. The maximum Gasteiger partial charge on any atom is 0.225 e. The van der Waals surface area contributed by atoms with Gasteiger partial charge in [-0.25, -0.2) is 0 Å². The second kappa shape index (κ2) is 6.82. The Morgan fingerprint density at radius 2 is 2.17 bits per heavy atom. The molecule has 2 heterocycles. The largest absolute Gasteiger partial charge is 0.391 e.